The summed E-state index contributed by atoms with van der Waals surface area (Å²) in [6.45, 7) is 0. The van der Waals surface area contributed by atoms with Crippen molar-refractivity contribution in [2.45, 2.75) is 0 Å². The van der Waals surface area contributed by atoms with Crippen molar-refractivity contribution < 1.29 is 4.42 Å². The van der Waals surface area contributed by atoms with E-state index in [-0.39, 0.29) is 0 Å². The number of hydrogen-bond donors (Lipinski definition) is 0. The van der Waals surface area contributed by atoms with Gasteiger partial charge < -0.3 is 4.42 Å². The van der Waals surface area contributed by atoms with Gasteiger partial charge in [-0.2, -0.15) is 9.97 Å². The van der Waals surface area contributed by atoms with Gasteiger partial charge >= 0.3 is 0 Å². The molecular formula is C132H85N13O. The molecule has 0 amide bonds. The van der Waals surface area contributed by atoms with E-state index in [0.29, 0.717) is 40.9 Å². The van der Waals surface area contributed by atoms with Gasteiger partial charge in [-0.1, -0.05) is 406 Å². The highest BCUT2D eigenvalue weighted by Crippen LogP contribution is 2.44. The Hall–Kier alpha value is -20.0. The Labute approximate surface area is 840 Å². The molecule has 0 aliphatic heterocycles. The molecule has 28 rings (SSSR count). The molecule has 0 N–H and O–H groups in total. The van der Waals surface area contributed by atoms with Crippen LogP contribution in [0.25, 0.3) is 262 Å². The fraction of sp³-hybridized carbons (Fsp3) is 0. The summed E-state index contributed by atoms with van der Waals surface area (Å²) in [7, 11) is 0. The maximum Gasteiger partial charge on any atom is 0.238 e. The minimum Gasteiger partial charge on any atom is -0.456 e. The lowest BCUT2D eigenvalue weighted by Crippen LogP contribution is -2.06. The van der Waals surface area contributed by atoms with Crippen LogP contribution in [-0.4, -0.2) is 63.5 Å². The number of benzene rings is 21. The molecule has 0 spiro atoms. The third kappa shape index (κ3) is 16.7. The molecule has 0 aliphatic rings. The van der Waals surface area contributed by atoms with E-state index in [1.807, 2.05) is 115 Å². The van der Waals surface area contributed by atoms with Crippen molar-refractivity contribution in [1.82, 2.24) is 63.5 Å². The van der Waals surface area contributed by atoms with E-state index in [9.17, 15) is 0 Å². The Morgan fingerprint density at radius 2 is 0.459 bits per heavy atom. The van der Waals surface area contributed by atoms with Crippen LogP contribution in [0.1, 0.15) is 0 Å². The first-order valence-electron chi connectivity index (χ1n) is 48.8. The SMILES string of the molecule is c1ccc(-c2ccc(-c3nc(-c4ccccc4)nc(-n4c5cccc6oc7ccccc7c7cccc4c7c65)n3)cc2)cc1.c1ccc(-c2nc(-c3cccc(-c4ccc(-c5nc6ccccc6n5-c5ccccc5)cc4)c3)nc(-c3ccc4ccccc4c3)n2)cc1.c1ccc(-n2c(-c3ccc(-c4cccc(-c5nc(-c6ccc7ccccc7c6)cc(-c6ccc7ccccc7c6)n5)c4)cc3)nc3ccccc32)cc1. The molecule has 0 atom stereocenters. The van der Waals surface area contributed by atoms with Gasteiger partial charge in [-0.15, -0.1) is 0 Å². The van der Waals surface area contributed by atoms with E-state index in [2.05, 4.69) is 414 Å². The van der Waals surface area contributed by atoms with Crippen LogP contribution in [0, 0.1) is 0 Å². The molecule has 21 aromatic carbocycles. The van der Waals surface area contributed by atoms with Crippen LogP contribution in [-0.2, 0) is 0 Å². The van der Waals surface area contributed by atoms with Gasteiger partial charge in [0.1, 0.15) is 22.8 Å². The van der Waals surface area contributed by atoms with Crippen LogP contribution in [0.4, 0.5) is 0 Å². The van der Waals surface area contributed by atoms with E-state index >= 15 is 0 Å². The molecule has 0 unspecified atom stereocenters. The summed E-state index contributed by atoms with van der Waals surface area (Å²) in [5, 5.41) is 11.5. The molecule has 0 radical (unpaired) electrons. The zero-order valence-corrected chi connectivity index (χ0v) is 78.8. The Morgan fingerprint density at radius 1 is 0.158 bits per heavy atom. The minimum atomic E-state index is 0.559. The second-order valence-electron chi connectivity index (χ2n) is 36.2. The first-order valence-corrected chi connectivity index (χ1v) is 48.8. The average molecular weight is 1870 g/mol. The van der Waals surface area contributed by atoms with Crippen LogP contribution < -0.4 is 0 Å². The van der Waals surface area contributed by atoms with Gasteiger partial charge in [0.2, 0.25) is 5.95 Å². The van der Waals surface area contributed by atoms with Gasteiger partial charge in [-0.05, 0) is 180 Å². The number of imidazole rings is 2. The van der Waals surface area contributed by atoms with Gasteiger partial charge in [-0.3, -0.25) is 13.7 Å². The first kappa shape index (κ1) is 86.4. The van der Waals surface area contributed by atoms with Gasteiger partial charge in [0.15, 0.2) is 34.9 Å². The number of fused-ring (bicyclic) bond motifs is 7. The summed E-state index contributed by atoms with van der Waals surface area (Å²) in [6, 6.07) is 178. The van der Waals surface area contributed by atoms with Crippen molar-refractivity contribution in [2.24, 2.45) is 0 Å². The molecule has 28 aromatic rings. The Kier molecular flexibility index (Phi) is 22.3. The Bertz CT molecular complexity index is 9700. The quantitative estimate of drug-likeness (QED) is 0.0907. The fourth-order valence-electron chi connectivity index (χ4n) is 19.9. The number of rotatable bonds is 16. The maximum absolute atomic E-state index is 6.54. The van der Waals surface area contributed by atoms with Crippen molar-refractivity contribution in [1.29, 1.82) is 0 Å². The van der Waals surface area contributed by atoms with Crippen molar-refractivity contribution in [3.8, 4) is 164 Å². The first-order chi connectivity index (χ1) is 72.3. The van der Waals surface area contributed by atoms with Crippen molar-refractivity contribution in [3.05, 3.63) is 516 Å². The fourth-order valence-corrected chi connectivity index (χ4v) is 19.9. The van der Waals surface area contributed by atoms with Gasteiger partial charge in [-0.25, -0.2) is 39.9 Å². The third-order valence-electron chi connectivity index (χ3n) is 27.1. The smallest absolute Gasteiger partial charge is 0.238 e. The predicted molar refractivity (Wildman–Crippen MR) is 596 cm³/mol. The molecule has 146 heavy (non-hydrogen) atoms. The molecular weight excluding hydrogens is 1780 g/mol. The highest BCUT2D eigenvalue weighted by molar-refractivity contribution is 6.26. The molecule has 0 aliphatic carbocycles. The highest BCUT2D eigenvalue weighted by atomic mass is 16.3. The lowest BCUT2D eigenvalue weighted by Gasteiger charge is -2.12. The molecule has 0 bridgehead atoms. The van der Waals surface area contributed by atoms with E-state index in [1.165, 1.54) is 32.5 Å². The number of aromatic nitrogens is 13. The average Bonchev–Trinajstić information content (AvgIpc) is 1.55. The van der Waals surface area contributed by atoms with E-state index in [1.54, 1.807) is 0 Å². The van der Waals surface area contributed by atoms with Gasteiger partial charge in [0.25, 0.3) is 0 Å². The monoisotopic (exact) mass is 1870 g/mol. The Balaban J connectivity index is 0.000000112. The topological polar surface area (TPSA) is 157 Å². The lowest BCUT2D eigenvalue weighted by atomic mass is 10.00. The summed E-state index contributed by atoms with van der Waals surface area (Å²) < 4.78 is 13.1. The lowest BCUT2D eigenvalue weighted by molar-refractivity contribution is 0.664. The van der Waals surface area contributed by atoms with Crippen LogP contribution in [0.15, 0.2) is 520 Å². The maximum atomic E-state index is 6.54. The van der Waals surface area contributed by atoms with Crippen LogP contribution in [0.5, 0.6) is 0 Å². The molecule has 0 fully saturated rings. The summed E-state index contributed by atoms with van der Waals surface area (Å²) >= 11 is 0. The van der Waals surface area contributed by atoms with Gasteiger partial charge in [0, 0.05) is 77.8 Å². The summed E-state index contributed by atoms with van der Waals surface area (Å²) in [4.78, 5) is 50.6. The van der Waals surface area contributed by atoms with Crippen LogP contribution in [0.3, 0.4) is 0 Å². The van der Waals surface area contributed by atoms with Gasteiger partial charge in [0.05, 0.1) is 49.9 Å². The normalized spacial score (nSPS) is 11.4. The molecule has 14 heteroatoms. The number of hydrogen-bond acceptors (Lipinski definition) is 11. The summed E-state index contributed by atoms with van der Waals surface area (Å²) in [5.41, 5.74) is 28.2. The molecule has 0 saturated carbocycles. The zero-order chi connectivity index (χ0) is 96.7. The number of nitrogens with zero attached hydrogens (tertiary/aromatic N) is 13. The van der Waals surface area contributed by atoms with Crippen molar-refractivity contribution in [3.63, 3.8) is 0 Å². The second-order valence-corrected chi connectivity index (χ2v) is 36.2. The summed E-state index contributed by atoms with van der Waals surface area (Å²) in [6.07, 6.45) is 0. The summed E-state index contributed by atoms with van der Waals surface area (Å²) in [5.74, 6) is 6.23. The molecule has 14 nitrogen and oxygen atoms in total. The van der Waals surface area contributed by atoms with Crippen molar-refractivity contribution in [2.75, 3.05) is 0 Å². The molecule has 7 aromatic heterocycles. The van der Waals surface area contributed by atoms with Crippen LogP contribution in [0.2, 0.25) is 0 Å². The standard InChI is InChI=1S/C49H32N4.C44H29N5.C39H24N4O/c1-2-17-43(18-3-1)53-47-20-9-8-19-44(47)52-49(53)36-25-21-35(22-26-36)39-15-10-16-42(31-39)48-50-45(40-27-23-33-11-4-6-13-37(33)29-40)32-46(51-48)41-28-24-34-12-5-7-14-38(34)30-41;1-3-13-32(14-4-1)41-46-42(48-43(47-41)37-27-24-30-12-7-8-15-34(30)29-37)36-17-11-16-35(28-36)31-22-25-33(26-23-31)44-45-39-20-9-10-21-40(39)49(44)38-18-5-2-6-19-38;1-3-11-25(12-4-1)26-21-23-28(24-22-26)38-40-37(27-13-5-2-6-14-27)41-39(42-38)43-31-17-9-16-30-29-15-7-8-19-33(29)44-34-20-10-18-32(43)36(34)35(30)31/h1-32H;1-29H;1-24H. The minimum absolute atomic E-state index is 0.559. The molecule has 0 saturated heterocycles. The largest absolute Gasteiger partial charge is 0.456 e. The Morgan fingerprint density at radius 3 is 0.952 bits per heavy atom. The number of para-hydroxylation sites is 7. The predicted octanol–water partition coefficient (Wildman–Crippen LogP) is 33.0. The molecule has 684 valence electrons. The van der Waals surface area contributed by atoms with E-state index < -0.39 is 0 Å². The van der Waals surface area contributed by atoms with E-state index in [0.717, 1.165) is 189 Å². The molecule has 7 heterocycles. The second kappa shape index (κ2) is 37.7. The highest BCUT2D eigenvalue weighted by Gasteiger charge is 2.25. The van der Waals surface area contributed by atoms with E-state index in [4.69, 9.17) is 54.3 Å². The van der Waals surface area contributed by atoms with Crippen molar-refractivity contribution >= 4 is 98.1 Å². The zero-order valence-electron chi connectivity index (χ0n) is 78.8. The third-order valence-corrected chi connectivity index (χ3v) is 27.1. The van der Waals surface area contributed by atoms with Crippen LogP contribution >= 0.6 is 0 Å².